The Morgan fingerprint density at radius 1 is 0.950 bits per heavy atom. The summed E-state index contributed by atoms with van der Waals surface area (Å²) in [5, 5.41) is 8.97. The first-order chi connectivity index (χ1) is 9.38. The average Bonchev–Trinajstić information content (AvgIpc) is 2.45. The molecule has 0 aromatic rings. The number of aliphatic hydroxyl groups is 1. The second kappa shape index (κ2) is 14.2. The van der Waals surface area contributed by atoms with Crippen LogP contribution in [0.1, 0.15) is 84.0 Å². The number of hydrogen-bond acceptors (Lipinski definition) is 2. The highest BCUT2D eigenvalue weighted by molar-refractivity contribution is 5.85. The second-order valence-electron chi connectivity index (χ2n) is 6.17. The predicted octanol–water partition coefficient (Wildman–Crippen LogP) is 4.79. The maximum atomic E-state index is 8.97. The van der Waals surface area contributed by atoms with E-state index in [1.54, 1.807) is 0 Å². The molecule has 0 saturated carbocycles. The van der Waals surface area contributed by atoms with E-state index in [9.17, 15) is 0 Å². The number of likely N-dealkylation sites (tertiary alicyclic amines) is 1. The van der Waals surface area contributed by atoms with Crippen LogP contribution in [0.2, 0.25) is 0 Å². The van der Waals surface area contributed by atoms with Crippen LogP contribution >= 0.6 is 12.4 Å². The third-order valence-electron chi connectivity index (χ3n) is 4.49. The van der Waals surface area contributed by atoms with Gasteiger partial charge in [0, 0.05) is 19.2 Å². The molecule has 20 heavy (non-hydrogen) atoms. The largest absolute Gasteiger partial charge is 0.396 e. The van der Waals surface area contributed by atoms with E-state index in [1.165, 1.54) is 77.2 Å². The van der Waals surface area contributed by atoms with E-state index < -0.39 is 0 Å². The zero-order valence-corrected chi connectivity index (χ0v) is 14.3. The fourth-order valence-corrected chi connectivity index (χ4v) is 3.29. The lowest BCUT2D eigenvalue weighted by Crippen LogP contribution is -2.40. The van der Waals surface area contributed by atoms with Crippen molar-refractivity contribution in [3.8, 4) is 0 Å². The molecule has 1 atom stereocenters. The highest BCUT2D eigenvalue weighted by atomic mass is 35.5. The van der Waals surface area contributed by atoms with Gasteiger partial charge in [0.2, 0.25) is 0 Å². The minimum absolute atomic E-state index is 0. The van der Waals surface area contributed by atoms with Gasteiger partial charge in [-0.2, -0.15) is 0 Å². The van der Waals surface area contributed by atoms with Crippen molar-refractivity contribution in [2.75, 3.05) is 19.7 Å². The third-order valence-corrected chi connectivity index (χ3v) is 4.49. The maximum Gasteiger partial charge on any atom is 0.0443 e. The summed E-state index contributed by atoms with van der Waals surface area (Å²) in [6, 6.07) is 0.816. The van der Waals surface area contributed by atoms with E-state index in [2.05, 4.69) is 11.8 Å². The van der Waals surface area contributed by atoms with Gasteiger partial charge in [-0.1, -0.05) is 58.3 Å². The van der Waals surface area contributed by atoms with Crippen LogP contribution in [-0.4, -0.2) is 35.7 Å². The maximum absolute atomic E-state index is 8.97. The molecule has 1 aliphatic rings. The zero-order chi connectivity index (χ0) is 13.8. The predicted molar refractivity (Wildman–Crippen MR) is 90.8 cm³/mol. The molecule has 0 aromatic heterocycles. The van der Waals surface area contributed by atoms with Crippen LogP contribution in [0.15, 0.2) is 0 Å². The van der Waals surface area contributed by atoms with Gasteiger partial charge in [0.1, 0.15) is 0 Å². The van der Waals surface area contributed by atoms with Gasteiger partial charge in [0.05, 0.1) is 0 Å². The van der Waals surface area contributed by atoms with Crippen LogP contribution in [0.25, 0.3) is 0 Å². The summed E-state index contributed by atoms with van der Waals surface area (Å²) in [5.74, 6) is 0. The molecule has 0 amide bonds. The smallest absolute Gasteiger partial charge is 0.0443 e. The third kappa shape index (κ3) is 9.20. The minimum Gasteiger partial charge on any atom is -0.396 e. The molecule has 0 radical (unpaired) electrons. The topological polar surface area (TPSA) is 23.5 Å². The van der Waals surface area contributed by atoms with Crippen molar-refractivity contribution in [1.29, 1.82) is 0 Å². The molecular formula is C17H36ClNO. The van der Waals surface area contributed by atoms with Gasteiger partial charge in [-0.05, 0) is 32.2 Å². The van der Waals surface area contributed by atoms with Crippen molar-refractivity contribution in [3.05, 3.63) is 0 Å². The van der Waals surface area contributed by atoms with Gasteiger partial charge in [0.15, 0.2) is 0 Å². The molecule has 1 fully saturated rings. The molecule has 0 bridgehead atoms. The van der Waals surface area contributed by atoms with Crippen LogP contribution < -0.4 is 0 Å². The Labute approximate surface area is 132 Å². The molecule has 0 spiro atoms. The fourth-order valence-electron chi connectivity index (χ4n) is 3.29. The van der Waals surface area contributed by atoms with Gasteiger partial charge < -0.3 is 10.0 Å². The Bertz CT molecular complexity index is 201. The van der Waals surface area contributed by atoms with Crippen molar-refractivity contribution in [3.63, 3.8) is 0 Å². The summed E-state index contributed by atoms with van der Waals surface area (Å²) in [6.45, 7) is 5.00. The summed E-state index contributed by atoms with van der Waals surface area (Å²) >= 11 is 0. The van der Waals surface area contributed by atoms with Crippen molar-refractivity contribution in [2.24, 2.45) is 0 Å². The molecule has 1 N–H and O–H groups in total. The molecule has 122 valence electrons. The van der Waals surface area contributed by atoms with Crippen molar-refractivity contribution in [1.82, 2.24) is 4.90 Å². The number of rotatable bonds is 11. The fraction of sp³-hybridized carbons (Fsp3) is 1.00. The molecule has 2 nitrogen and oxygen atoms in total. The molecule has 3 heteroatoms. The molecule has 1 aliphatic heterocycles. The molecule has 0 aliphatic carbocycles. The molecular weight excluding hydrogens is 270 g/mol. The Hall–Kier alpha value is 0.210. The SMILES string of the molecule is CCCCCCCCCC1CCCCN1CCCO.Cl. The Kier molecular flexibility index (Phi) is 14.3. The van der Waals surface area contributed by atoms with Crippen LogP contribution in [-0.2, 0) is 0 Å². The lowest BCUT2D eigenvalue weighted by Gasteiger charge is -2.35. The van der Waals surface area contributed by atoms with Gasteiger partial charge in [-0.15, -0.1) is 12.4 Å². The lowest BCUT2D eigenvalue weighted by molar-refractivity contribution is 0.126. The minimum atomic E-state index is 0. The number of aliphatic hydroxyl groups excluding tert-OH is 1. The molecule has 1 saturated heterocycles. The number of piperidine rings is 1. The van der Waals surface area contributed by atoms with Crippen molar-refractivity contribution >= 4 is 12.4 Å². The highest BCUT2D eigenvalue weighted by Crippen LogP contribution is 2.22. The quantitative estimate of drug-likeness (QED) is 0.555. The zero-order valence-electron chi connectivity index (χ0n) is 13.5. The van der Waals surface area contributed by atoms with E-state index in [-0.39, 0.29) is 12.4 Å². The van der Waals surface area contributed by atoms with E-state index in [0.717, 1.165) is 19.0 Å². The molecule has 1 unspecified atom stereocenters. The number of hydrogen-bond donors (Lipinski definition) is 1. The van der Waals surface area contributed by atoms with Gasteiger partial charge >= 0.3 is 0 Å². The van der Waals surface area contributed by atoms with Gasteiger partial charge in [-0.25, -0.2) is 0 Å². The van der Waals surface area contributed by atoms with E-state index >= 15 is 0 Å². The summed E-state index contributed by atoms with van der Waals surface area (Å²) < 4.78 is 0. The Morgan fingerprint density at radius 2 is 1.65 bits per heavy atom. The highest BCUT2D eigenvalue weighted by Gasteiger charge is 2.20. The monoisotopic (exact) mass is 305 g/mol. The van der Waals surface area contributed by atoms with Crippen molar-refractivity contribution < 1.29 is 5.11 Å². The van der Waals surface area contributed by atoms with Crippen LogP contribution in [0.5, 0.6) is 0 Å². The summed E-state index contributed by atoms with van der Waals surface area (Å²) in [5.41, 5.74) is 0. The van der Waals surface area contributed by atoms with Gasteiger partial charge in [-0.3, -0.25) is 0 Å². The summed E-state index contributed by atoms with van der Waals surface area (Å²) in [4.78, 5) is 2.64. The van der Waals surface area contributed by atoms with E-state index in [1.807, 2.05) is 0 Å². The van der Waals surface area contributed by atoms with Crippen LogP contribution in [0, 0.1) is 0 Å². The summed E-state index contributed by atoms with van der Waals surface area (Å²) in [7, 11) is 0. The first-order valence-electron chi connectivity index (χ1n) is 8.73. The standard InChI is InChI=1S/C17H35NO.ClH/c1-2-3-4-5-6-7-8-12-17-13-9-10-14-18(17)15-11-16-19;/h17,19H,2-16H2,1H3;1H. The average molecular weight is 306 g/mol. The number of nitrogens with zero attached hydrogens (tertiary/aromatic N) is 1. The lowest BCUT2D eigenvalue weighted by atomic mass is 9.96. The van der Waals surface area contributed by atoms with Crippen LogP contribution in [0.3, 0.4) is 0 Å². The molecule has 1 rings (SSSR count). The first kappa shape index (κ1) is 20.2. The first-order valence-corrected chi connectivity index (χ1v) is 8.73. The Balaban J connectivity index is 0.00000361. The summed E-state index contributed by atoms with van der Waals surface area (Å²) in [6.07, 6.45) is 16.4. The normalized spacial score (nSPS) is 19.8. The Morgan fingerprint density at radius 3 is 2.35 bits per heavy atom. The second-order valence-corrected chi connectivity index (χ2v) is 6.17. The van der Waals surface area contributed by atoms with E-state index in [0.29, 0.717) is 6.61 Å². The van der Waals surface area contributed by atoms with E-state index in [4.69, 9.17) is 5.11 Å². The molecule has 0 aromatic carbocycles. The van der Waals surface area contributed by atoms with Crippen LogP contribution in [0.4, 0.5) is 0 Å². The van der Waals surface area contributed by atoms with Gasteiger partial charge in [0.25, 0.3) is 0 Å². The number of halogens is 1. The number of unbranched alkanes of at least 4 members (excludes halogenated alkanes) is 6. The molecule has 1 heterocycles. The van der Waals surface area contributed by atoms with Crippen molar-refractivity contribution in [2.45, 2.75) is 90.0 Å².